The van der Waals surface area contributed by atoms with E-state index in [1.54, 1.807) is 0 Å². The topological polar surface area (TPSA) is 78.9 Å². The van der Waals surface area contributed by atoms with Crippen LogP contribution >= 0.6 is 0 Å². The summed E-state index contributed by atoms with van der Waals surface area (Å²) in [6.45, 7) is 6.72. The van der Waals surface area contributed by atoms with Crippen LogP contribution in [0.1, 0.15) is 419 Å². The van der Waals surface area contributed by atoms with Crippen LogP contribution in [0, 0.1) is 0 Å². The van der Waals surface area contributed by atoms with E-state index in [1.165, 1.54) is 321 Å². The van der Waals surface area contributed by atoms with Crippen LogP contribution in [-0.2, 0) is 28.6 Å². The van der Waals surface area contributed by atoms with E-state index in [0.29, 0.717) is 19.3 Å². The molecule has 6 heteroatoms. The van der Waals surface area contributed by atoms with Crippen LogP contribution in [0.25, 0.3) is 0 Å². The van der Waals surface area contributed by atoms with Crippen molar-refractivity contribution in [3.63, 3.8) is 0 Å². The molecule has 0 fully saturated rings. The molecule has 1 unspecified atom stereocenters. The van der Waals surface area contributed by atoms with Crippen molar-refractivity contribution >= 4 is 17.9 Å². The summed E-state index contributed by atoms with van der Waals surface area (Å²) in [5, 5.41) is 0. The van der Waals surface area contributed by atoms with E-state index in [4.69, 9.17) is 14.2 Å². The van der Waals surface area contributed by atoms with Gasteiger partial charge in [-0.2, -0.15) is 0 Å². The molecule has 0 aliphatic rings. The van der Waals surface area contributed by atoms with Crippen LogP contribution in [0.5, 0.6) is 0 Å². The van der Waals surface area contributed by atoms with Gasteiger partial charge in [-0.05, 0) is 44.9 Å². The normalized spacial score (nSPS) is 12.0. The van der Waals surface area contributed by atoms with Gasteiger partial charge >= 0.3 is 17.9 Å². The molecule has 0 aromatic heterocycles. The van der Waals surface area contributed by atoms with Crippen LogP contribution in [0.3, 0.4) is 0 Å². The summed E-state index contributed by atoms with van der Waals surface area (Å²) in [6, 6.07) is 0. The number of carbonyl (C=O) groups is 3. The summed E-state index contributed by atoms with van der Waals surface area (Å²) < 4.78 is 17.0. The quantitative estimate of drug-likeness (QED) is 0.0261. The molecule has 0 aromatic carbocycles. The number of carbonyl (C=O) groups excluding carboxylic acids is 3. The number of unbranched alkanes of at least 4 members (excludes halogenated alkanes) is 55. The van der Waals surface area contributed by atoms with Crippen molar-refractivity contribution in [1.82, 2.24) is 0 Å². The lowest BCUT2D eigenvalue weighted by Gasteiger charge is -2.18. The molecule has 0 bridgehead atoms. The monoisotopic (exact) mass is 1110 g/mol. The minimum Gasteiger partial charge on any atom is -0.462 e. The first-order valence-corrected chi connectivity index (χ1v) is 36.2. The van der Waals surface area contributed by atoms with Crippen molar-refractivity contribution in [3.8, 4) is 0 Å². The molecule has 0 aromatic rings. The maximum Gasteiger partial charge on any atom is 0.306 e. The summed E-state index contributed by atoms with van der Waals surface area (Å²) in [4.78, 5) is 38.3. The lowest BCUT2D eigenvalue weighted by Crippen LogP contribution is -2.30. The van der Waals surface area contributed by atoms with E-state index in [1.807, 2.05) is 0 Å². The first kappa shape index (κ1) is 77.2. The Morgan fingerprint density at radius 1 is 0.241 bits per heavy atom. The molecule has 6 nitrogen and oxygen atoms in total. The molecule has 0 rings (SSSR count). The minimum atomic E-state index is -0.765. The number of rotatable bonds is 68. The fraction of sp³-hybridized carbons (Fsp3) is 0.932. The molecule has 0 heterocycles. The van der Waals surface area contributed by atoms with Crippen LogP contribution < -0.4 is 0 Å². The first-order chi connectivity index (χ1) is 39.0. The minimum absolute atomic E-state index is 0.0626. The second-order valence-corrected chi connectivity index (χ2v) is 24.9. The smallest absolute Gasteiger partial charge is 0.306 e. The first-order valence-electron chi connectivity index (χ1n) is 36.2. The third kappa shape index (κ3) is 66.8. The molecule has 0 N–H and O–H groups in total. The Balaban J connectivity index is 4.11. The Hall–Kier alpha value is -1.85. The summed E-state index contributed by atoms with van der Waals surface area (Å²) in [5.41, 5.74) is 0. The SMILES string of the molecule is CCCCCCCCCC/C=C\CCCCCCCCCCCCCCCCCC(=O)OCC(COC(=O)CCCCCCCCCCCC)OC(=O)CCCCCCCCCCCCCCCCCCCCCCCCCC. The highest BCUT2D eigenvalue weighted by Crippen LogP contribution is 2.19. The molecule has 468 valence electrons. The van der Waals surface area contributed by atoms with Gasteiger partial charge in [0.15, 0.2) is 6.10 Å². The molecule has 0 aliphatic carbocycles. The summed E-state index contributed by atoms with van der Waals surface area (Å²) in [5.74, 6) is -0.829. The van der Waals surface area contributed by atoms with Gasteiger partial charge in [-0.25, -0.2) is 0 Å². The molecule has 0 radical (unpaired) electrons. The van der Waals surface area contributed by atoms with Gasteiger partial charge in [-0.1, -0.05) is 367 Å². The van der Waals surface area contributed by atoms with Crippen molar-refractivity contribution in [2.75, 3.05) is 13.2 Å². The van der Waals surface area contributed by atoms with Gasteiger partial charge in [0.05, 0.1) is 0 Å². The van der Waals surface area contributed by atoms with Crippen molar-refractivity contribution < 1.29 is 28.6 Å². The molecular formula is C73H140O6. The highest BCUT2D eigenvalue weighted by molar-refractivity contribution is 5.71. The van der Waals surface area contributed by atoms with Gasteiger partial charge in [-0.15, -0.1) is 0 Å². The van der Waals surface area contributed by atoms with Gasteiger partial charge in [0.1, 0.15) is 13.2 Å². The Morgan fingerprint density at radius 3 is 0.633 bits per heavy atom. The zero-order chi connectivity index (χ0) is 57.1. The highest BCUT2D eigenvalue weighted by atomic mass is 16.6. The molecule has 0 saturated carbocycles. The average molecular weight is 1110 g/mol. The van der Waals surface area contributed by atoms with Crippen molar-refractivity contribution in [3.05, 3.63) is 12.2 Å². The zero-order valence-corrected chi connectivity index (χ0v) is 53.9. The van der Waals surface area contributed by atoms with Gasteiger partial charge < -0.3 is 14.2 Å². The van der Waals surface area contributed by atoms with Crippen molar-refractivity contribution in [2.45, 2.75) is 425 Å². The number of allylic oxidation sites excluding steroid dienone is 2. The maximum atomic E-state index is 12.9. The van der Waals surface area contributed by atoms with E-state index >= 15 is 0 Å². The van der Waals surface area contributed by atoms with Gasteiger partial charge in [0.2, 0.25) is 0 Å². The van der Waals surface area contributed by atoms with Crippen molar-refractivity contribution in [1.29, 1.82) is 0 Å². The lowest BCUT2D eigenvalue weighted by molar-refractivity contribution is -0.167. The second kappa shape index (κ2) is 68.6. The summed E-state index contributed by atoms with van der Waals surface area (Å²) >= 11 is 0. The number of ether oxygens (including phenoxy) is 3. The van der Waals surface area contributed by atoms with E-state index in [0.717, 1.165) is 57.8 Å². The van der Waals surface area contributed by atoms with Crippen LogP contribution in [0.4, 0.5) is 0 Å². The van der Waals surface area contributed by atoms with E-state index in [2.05, 4.69) is 32.9 Å². The molecular weight excluding hydrogens is 973 g/mol. The van der Waals surface area contributed by atoms with Gasteiger partial charge in [0.25, 0.3) is 0 Å². The summed E-state index contributed by atoms with van der Waals surface area (Å²) in [7, 11) is 0. The molecule has 79 heavy (non-hydrogen) atoms. The maximum absolute atomic E-state index is 12.9. The number of esters is 3. The van der Waals surface area contributed by atoms with Crippen LogP contribution in [0.15, 0.2) is 12.2 Å². The Kier molecular flexibility index (Phi) is 67.0. The fourth-order valence-corrected chi connectivity index (χ4v) is 11.3. The third-order valence-electron chi connectivity index (χ3n) is 16.8. The largest absolute Gasteiger partial charge is 0.462 e. The standard InChI is InChI=1S/C73H140O6/c1-4-7-10-13-16-19-22-24-26-28-30-32-34-36-37-38-40-41-43-45-47-49-51-54-57-60-63-66-72(75)78-69-70(68-77-71(74)65-62-59-56-53-21-18-15-12-9-6-3)79-73(76)67-64-61-58-55-52-50-48-46-44-42-39-35-33-31-29-27-25-23-20-17-14-11-8-5-2/h28,30,70H,4-27,29,31-69H2,1-3H3/b30-28-. The molecule has 0 spiro atoms. The number of hydrogen-bond donors (Lipinski definition) is 0. The van der Waals surface area contributed by atoms with Crippen molar-refractivity contribution in [2.24, 2.45) is 0 Å². The molecule has 0 amide bonds. The highest BCUT2D eigenvalue weighted by Gasteiger charge is 2.19. The van der Waals surface area contributed by atoms with Crippen LogP contribution in [-0.4, -0.2) is 37.2 Å². The average Bonchev–Trinajstić information content (AvgIpc) is 3.45. The predicted octanol–water partition coefficient (Wildman–Crippen LogP) is 24.8. The third-order valence-corrected chi connectivity index (χ3v) is 16.8. The Bertz CT molecular complexity index is 1230. The van der Waals surface area contributed by atoms with Gasteiger partial charge in [0, 0.05) is 19.3 Å². The lowest BCUT2D eigenvalue weighted by atomic mass is 10.0. The Labute approximate surface area is 494 Å². The summed E-state index contributed by atoms with van der Waals surface area (Å²) in [6.07, 6.45) is 82.6. The molecule has 1 atom stereocenters. The fourth-order valence-electron chi connectivity index (χ4n) is 11.3. The van der Waals surface area contributed by atoms with Crippen LogP contribution in [0.2, 0.25) is 0 Å². The zero-order valence-electron chi connectivity index (χ0n) is 53.9. The second-order valence-electron chi connectivity index (χ2n) is 24.9. The van der Waals surface area contributed by atoms with E-state index in [-0.39, 0.29) is 31.1 Å². The van der Waals surface area contributed by atoms with E-state index < -0.39 is 6.10 Å². The molecule has 0 aliphatic heterocycles. The van der Waals surface area contributed by atoms with Gasteiger partial charge in [-0.3, -0.25) is 14.4 Å². The number of hydrogen-bond acceptors (Lipinski definition) is 6. The predicted molar refractivity (Wildman–Crippen MR) is 344 cm³/mol. The Morgan fingerprint density at radius 2 is 0.418 bits per heavy atom. The molecule has 0 saturated heterocycles. The van der Waals surface area contributed by atoms with E-state index in [9.17, 15) is 14.4 Å².